The third-order valence-electron chi connectivity index (χ3n) is 5.42. The molecule has 1 aliphatic heterocycles. The van der Waals surface area contributed by atoms with E-state index in [4.69, 9.17) is 15.7 Å². The van der Waals surface area contributed by atoms with Crippen molar-refractivity contribution in [3.05, 3.63) is 41.9 Å². The molecule has 2 amide bonds. The van der Waals surface area contributed by atoms with Crippen LogP contribution in [-0.2, 0) is 16.1 Å². The number of hydrogen-bond donors (Lipinski definition) is 1. The van der Waals surface area contributed by atoms with E-state index in [1.54, 1.807) is 29.1 Å². The van der Waals surface area contributed by atoms with Crippen molar-refractivity contribution in [2.45, 2.75) is 13.0 Å². The van der Waals surface area contributed by atoms with Gasteiger partial charge in [0.1, 0.15) is 17.4 Å². The number of benzene rings is 1. The summed E-state index contributed by atoms with van der Waals surface area (Å²) in [5.41, 5.74) is 7.37. The number of nitriles is 1. The predicted octanol–water partition coefficient (Wildman–Crippen LogP) is -0.0526. The average Bonchev–Trinajstić information content (AvgIpc) is 3.26. The van der Waals surface area contributed by atoms with Crippen LogP contribution in [0.25, 0.3) is 11.0 Å². The maximum absolute atomic E-state index is 12.5. The fourth-order valence-corrected chi connectivity index (χ4v) is 3.58. The van der Waals surface area contributed by atoms with E-state index < -0.39 is 5.91 Å². The molecule has 12 heteroatoms. The Kier molecular flexibility index (Phi) is 6.70. The van der Waals surface area contributed by atoms with Gasteiger partial charge in [-0.05, 0) is 18.2 Å². The quantitative estimate of drug-likeness (QED) is 0.466. The van der Waals surface area contributed by atoms with Gasteiger partial charge in [0.25, 0.3) is 0 Å². The van der Waals surface area contributed by atoms with Crippen molar-refractivity contribution in [3.8, 4) is 6.07 Å². The van der Waals surface area contributed by atoms with Crippen molar-refractivity contribution in [1.29, 1.82) is 5.26 Å². The topological polar surface area (TPSA) is 156 Å². The SMILES string of the molecule is N#Cc1cnc(N2CCN(C(=O)CCOCCn3nnc4ccc(C(N)=O)cc43)CC2)cn1. The Morgan fingerprint density at radius 2 is 1.94 bits per heavy atom. The van der Waals surface area contributed by atoms with E-state index >= 15 is 0 Å². The van der Waals surface area contributed by atoms with Gasteiger partial charge < -0.3 is 20.3 Å². The van der Waals surface area contributed by atoms with Crippen LogP contribution < -0.4 is 10.6 Å². The summed E-state index contributed by atoms with van der Waals surface area (Å²) in [4.78, 5) is 36.0. The third-order valence-corrected chi connectivity index (χ3v) is 5.42. The number of carbonyl (C=O) groups excluding carboxylic acids is 2. The molecule has 1 aromatic carbocycles. The molecule has 2 aromatic heterocycles. The van der Waals surface area contributed by atoms with E-state index in [-0.39, 0.29) is 11.6 Å². The maximum Gasteiger partial charge on any atom is 0.248 e. The van der Waals surface area contributed by atoms with Gasteiger partial charge in [0, 0.05) is 31.7 Å². The molecule has 4 rings (SSSR count). The molecule has 0 bridgehead atoms. The van der Waals surface area contributed by atoms with Crippen molar-refractivity contribution in [1.82, 2.24) is 29.9 Å². The zero-order chi connectivity index (χ0) is 23.2. The highest BCUT2D eigenvalue weighted by atomic mass is 16.5. The van der Waals surface area contributed by atoms with Crippen LogP contribution in [0.5, 0.6) is 0 Å². The van der Waals surface area contributed by atoms with Crippen LogP contribution in [-0.4, -0.2) is 81.1 Å². The Labute approximate surface area is 189 Å². The summed E-state index contributed by atoms with van der Waals surface area (Å²) in [6.45, 7) is 3.59. The van der Waals surface area contributed by atoms with E-state index in [2.05, 4.69) is 20.3 Å². The Morgan fingerprint density at radius 3 is 2.64 bits per heavy atom. The molecule has 1 fully saturated rings. The molecule has 2 N–H and O–H groups in total. The number of rotatable bonds is 8. The first kappa shape index (κ1) is 22.1. The number of nitrogens with zero attached hydrogens (tertiary/aromatic N) is 8. The first-order valence-electron chi connectivity index (χ1n) is 10.5. The van der Waals surface area contributed by atoms with E-state index in [1.807, 2.05) is 15.9 Å². The third kappa shape index (κ3) is 5.21. The van der Waals surface area contributed by atoms with E-state index in [0.717, 1.165) is 0 Å². The Bertz CT molecular complexity index is 1180. The number of piperazine rings is 1. The average molecular weight is 449 g/mol. The van der Waals surface area contributed by atoms with Gasteiger partial charge in [0.05, 0.1) is 44.1 Å². The fraction of sp³-hybridized carbons (Fsp3) is 0.381. The first-order chi connectivity index (χ1) is 16.0. The molecule has 12 nitrogen and oxygen atoms in total. The second-order valence-corrected chi connectivity index (χ2v) is 7.48. The summed E-state index contributed by atoms with van der Waals surface area (Å²) >= 11 is 0. The fourth-order valence-electron chi connectivity index (χ4n) is 3.58. The lowest BCUT2D eigenvalue weighted by molar-refractivity contribution is -0.132. The lowest BCUT2D eigenvalue weighted by Gasteiger charge is -2.35. The second kappa shape index (κ2) is 10.0. The van der Waals surface area contributed by atoms with Crippen LogP contribution in [0.3, 0.4) is 0 Å². The molecule has 1 saturated heterocycles. The number of anilines is 1. The maximum atomic E-state index is 12.5. The summed E-state index contributed by atoms with van der Waals surface area (Å²) in [7, 11) is 0. The Balaban J connectivity index is 1.18. The molecule has 3 heterocycles. The van der Waals surface area contributed by atoms with Gasteiger partial charge in [0.2, 0.25) is 11.8 Å². The number of carbonyl (C=O) groups is 2. The lowest BCUT2D eigenvalue weighted by Crippen LogP contribution is -2.49. The number of primary amides is 1. The number of fused-ring (bicyclic) bond motifs is 1. The van der Waals surface area contributed by atoms with Gasteiger partial charge in [-0.25, -0.2) is 14.6 Å². The van der Waals surface area contributed by atoms with Crippen LogP contribution in [0.1, 0.15) is 22.5 Å². The molecule has 3 aromatic rings. The number of aromatic nitrogens is 5. The highest BCUT2D eigenvalue weighted by Crippen LogP contribution is 2.14. The zero-order valence-corrected chi connectivity index (χ0v) is 17.9. The van der Waals surface area contributed by atoms with Gasteiger partial charge in [0.15, 0.2) is 5.69 Å². The molecule has 1 aliphatic rings. The summed E-state index contributed by atoms with van der Waals surface area (Å²) in [5.74, 6) is 0.232. The molecule has 0 unspecified atom stereocenters. The van der Waals surface area contributed by atoms with Crippen molar-refractivity contribution in [2.75, 3.05) is 44.3 Å². The zero-order valence-electron chi connectivity index (χ0n) is 17.9. The van der Waals surface area contributed by atoms with Gasteiger partial charge >= 0.3 is 0 Å². The van der Waals surface area contributed by atoms with Crippen molar-refractivity contribution in [3.63, 3.8) is 0 Å². The van der Waals surface area contributed by atoms with Crippen LogP contribution in [0, 0.1) is 11.3 Å². The number of ether oxygens (including phenoxy) is 1. The molecule has 0 atom stereocenters. The molecule has 0 radical (unpaired) electrons. The standard InChI is InChI=1S/C21H23N9O3/c22-12-16-13-25-19(14-24-16)28-4-6-29(7-5-28)20(31)3-9-33-10-8-30-18-11-15(21(23)32)1-2-17(18)26-27-30/h1-2,11,13-14H,3-10H2,(H2,23,32). The molecule has 0 saturated carbocycles. The highest BCUT2D eigenvalue weighted by molar-refractivity contribution is 5.96. The first-order valence-corrected chi connectivity index (χ1v) is 10.5. The number of nitrogens with two attached hydrogens (primary N) is 1. The molecule has 170 valence electrons. The minimum atomic E-state index is -0.509. The summed E-state index contributed by atoms with van der Waals surface area (Å²) < 4.78 is 7.27. The van der Waals surface area contributed by atoms with Crippen LogP contribution >= 0.6 is 0 Å². The van der Waals surface area contributed by atoms with Crippen molar-refractivity contribution < 1.29 is 14.3 Å². The lowest BCUT2D eigenvalue weighted by atomic mass is 10.2. The minimum absolute atomic E-state index is 0.0397. The minimum Gasteiger partial charge on any atom is -0.379 e. The normalized spacial score (nSPS) is 13.8. The van der Waals surface area contributed by atoms with Crippen LogP contribution in [0.4, 0.5) is 5.82 Å². The van der Waals surface area contributed by atoms with E-state index in [0.29, 0.717) is 74.8 Å². The number of hydrogen-bond acceptors (Lipinski definition) is 9. The van der Waals surface area contributed by atoms with Crippen LogP contribution in [0.2, 0.25) is 0 Å². The Morgan fingerprint density at radius 1 is 1.12 bits per heavy atom. The van der Waals surface area contributed by atoms with E-state index in [9.17, 15) is 9.59 Å². The predicted molar refractivity (Wildman–Crippen MR) is 117 cm³/mol. The monoisotopic (exact) mass is 449 g/mol. The molecule has 33 heavy (non-hydrogen) atoms. The van der Waals surface area contributed by atoms with Gasteiger partial charge in [-0.15, -0.1) is 5.10 Å². The van der Waals surface area contributed by atoms with Gasteiger partial charge in [-0.3, -0.25) is 9.59 Å². The molecule has 0 spiro atoms. The Hall–Kier alpha value is -4.11. The van der Waals surface area contributed by atoms with E-state index in [1.165, 1.54) is 6.20 Å². The van der Waals surface area contributed by atoms with Crippen molar-refractivity contribution in [2.24, 2.45) is 5.73 Å². The smallest absolute Gasteiger partial charge is 0.248 e. The van der Waals surface area contributed by atoms with Gasteiger partial charge in [-0.2, -0.15) is 5.26 Å². The molecule has 0 aliphatic carbocycles. The summed E-state index contributed by atoms with van der Waals surface area (Å²) in [6, 6.07) is 6.92. The largest absolute Gasteiger partial charge is 0.379 e. The number of amides is 2. The van der Waals surface area contributed by atoms with Crippen molar-refractivity contribution >= 4 is 28.7 Å². The second-order valence-electron chi connectivity index (χ2n) is 7.48. The molecular formula is C21H23N9O3. The van der Waals surface area contributed by atoms with Crippen LogP contribution in [0.15, 0.2) is 30.6 Å². The summed E-state index contributed by atoms with van der Waals surface area (Å²) in [5, 5.41) is 16.9. The molecular weight excluding hydrogens is 426 g/mol. The highest BCUT2D eigenvalue weighted by Gasteiger charge is 2.22. The van der Waals surface area contributed by atoms with Gasteiger partial charge in [-0.1, -0.05) is 5.21 Å². The summed E-state index contributed by atoms with van der Waals surface area (Å²) in [6.07, 6.45) is 3.32.